The molecule has 0 aliphatic heterocycles. The fourth-order valence-electron chi connectivity index (χ4n) is 1.29. The van der Waals surface area contributed by atoms with Gasteiger partial charge in [-0.25, -0.2) is 17.9 Å². The van der Waals surface area contributed by atoms with E-state index in [1.165, 1.54) is 26.0 Å². The second kappa shape index (κ2) is 6.02. The molecular formula is C12H16N2O5S. The summed E-state index contributed by atoms with van der Waals surface area (Å²) < 4.78 is 25.8. The summed E-state index contributed by atoms with van der Waals surface area (Å²) in [6.07, 6.45) is 0. The van der Waals surface area contributed by atoms with Crippen molar-refractivity contribution in [2.24, 2.45) is 0 Å². The Morgan fingerprint density at radius 2 is 1.75 bits per heavy atom. The molecule has 7 nitrogen and oxygen atoms in total. The molecule has 1 amide bonds. The number of hydrogen-bond donors (Lipinski definition) is 3. The molecule has 0 saturated heterocycles. The maximum Gasteiger partial charge on any atom is 0.328 e. The lowest BCUT2D eigenvalue weighted by Crippen LogP contribution is -2.52. The van der Waals surface area contributed by atoms with Crippen LogP contribution in [0, 0.1) is 0 Å². The average Bonchev–Trinajstić information content (AvgIpc) is 2.37. The van der Waals surface area contributed by atoms with Crippen molar-refractivity contribution in [2.45, 2.75) is 24.3 Å². The fraction of sp³-hybridized carbons (Fsp3) is 0.333. The van der Waals surface area contributed by atoms with Crippen LogP contribution < -0.4 is 10.0 Å². The number of nitrogens with one attached hydrogen (secondary N) is 2. The Morgan fingerprint density at radius 3 is 2.25 bits per heavy atom. The molecule has 0 aliphatic carbocycles. The maximum atomic E-state index is 11.8. The smallest absolute Gasteiger partial charge is 0.328 e. The van der Waals surface area contributed by atoms with Crippen molar-refractivity contribution in [3.63, 3.8) is 0 Å². The molecule has 1 aromatic rings. The lowest BCUT2D eigenvalue weighted by atomic mass is 10.1. The van der Waals surface area contributed by atoms with Crippen molar-refractivity contribution in [3.8, 4) is 0 Å². The molecule has 0 spiro atoms. The van der Waals surface area contributed by atoms with Gasteiger partial charge in [-0.2, -0.15) is 0 Å². The summed E-state index contributed by atoms with van der Waals surface area (Å²) in [6, 6.07) is 7.56. The molecule has 0 radical (unpaired) electrons. The number of carbonyl (C=O) groups excluding carboxylic acids is 1. The van der Waals surface area contributed by atoms with Gasteiger partial charge in [0.25, 0.3) is 0 Å². The Hall–Kier alpha value is -1.93. The SMILES string of the molecule is CC(C)(NC(=O)CNS(=O)(=O)c1ccccc1)C(=O)O. The van der Waals surface area contributed by atoms with Gasteiger partial charge in [-0.05, 0) is 26.0 Å². The number of carbonyl (C=O) groups is 2. The summed E-state index contributed by atoms with van der Waals surface area (Å²) in [5, 5.41) is 11.1. The van der Waals surface area contributed by atoms with E-state index < -0.39 is 34.0 Å². The lowest BCUT2D eigenvalue weighted by Gasteiger charge is -2.21. The number of hydrogen-bond acceptors (Lipinski definition) is 4. The van der Waals surface area contributed by atoms with Crippen LogP contribution in [0.3, 0.4) is 0 Å². The van der Waals surface area contributed by atoms with Gasteiger partial charge in [0.05, 0.1) is 11.4 Å². The molecule has 1 aromatic carbocycles. The number of amides is 1. The molecule has 0 unspecified atom stereocenters. The van der Waals surface area contributed by atoms with E-state index in [9.17, 15) is 18.0 Å². The van der Waals surface area contributed by atoms with Crippen LogP contribution in [0.5, 0.6) is 0 Å². The minimum atomic E-state index is -3.79. The van der Waals surface area contributed by atoms with E-state index >= 15 is 0 Å². The summed E-state index contributed by atoms with van der Waals surface area (Å²) in [5.74, 6) is -1.94. The third kappa shape index (κ3) is 4.32. The highest BCUT2D eigenvalue weighted by Gasteiger charge is 2.29. The van der Waals surface area contributed by atoms with Crippen molar-refractivity contribution in [1.29, 1.82) is 0 Å². The van der Waals surface area contributed by atoms with Gasteiger partial charge < -0.3 is 10.4 Å². The van der Waals surface area contributed by atoms with Crippen molar-refractivity contribution >= 4 is 21.9 Å². The van der Waals surface area contributed by atoms with Gasteiger partial charge in [0, 0.05) is 0 Å². The Morgan fingerprint density at radius 1 is 1.20 bits per heavy atom. The van der Waals surface area contributed by atoms with Crippen LogP contribution in [-0.4, -0.2) is 37.5 Å². The molecular weight excluding hydrogens is 284 g/mol. The molecule has 110 valence electrons. The zero-order chi connectivity index (χ0) is 15.4. The predicted octanol–water partition coefficient (Wildman–Crippen LogP) is -0.0557. The minimum absolute atomic E-state index is 0.0327. The Bertz CT molecular complexity index is 596. The molecule has 0 bridgehead atoms. The van der Waals surface area contributed by atoms with Crippen LogP contribution in [0.15, 0.2) is 35.2 Å². The van der Waals surface area contributed by atoms with Gasteiger partial charge in [-0.3, -0.25) is 4.79 Å². The van der Waals surface area contributed by atoms with Crippen molar-refractivity contribution in [2.75, 3.05) is 6.54 Å². The van der Waals surface area contributed by atoms with Gasteiger partial charge >= 0.3 is 5.97 Å². The highest BCUT2D eigenvalue weighted by molar-refractivity contribution is 7.89. The fourth-order valence-corrected chi connectivity index (χ4v) is 2.29. The van der Waals surface area contributed by atoms with E-state index in [2.05, 4.69) is 10.0 Å². The molecule has 0 atom stereocenters. The van der Waals surface area contributed by atoms with E-state index in [4.69, 9.17) is 5.11 Å². The summed E-state index contributed by atoms with van der Waals surface area (Å²) in [5.41, 5.74) is -1.46. The topological polar surface area (TPSA) is 113 Å². The van der Waals surface area contributed by atoms with E-state index in [1.807, 2.05) is 0 Å². The first-order chi connectivity index (χ1) is 9.15. The molecule has 0 aromatic heterocycles. The summed E-state index contributed by atoms with van der Waals surface area (Å²) in [6.45, 7) is 2.08. The van der Waals surface area contributed by atoms with Crippen LogP contribution in [0.1, 0.15) is 13.8 Å². The van der Waals surface area contributed by atoms with Gasteiger partial charge in [0.2, 0.25) is 15.9 Å². The third-order valence-electron chi connectivity index (χ3n) is 2.46. The van der Waals surface area contributed by atoms with E-state index in [0.29, 0.717) is 0 Å². The van der Waals surface area contributed by atoms with Crippen LogP contribution >= 0.6 is 0 Å². The van der Waals surface area contributed by atoms with Gasteiger partial charge in [0.15, 0.2) is 0 Å². The van der Waals surface area contributed by atoms with Crippen molar-refractivity contribution in [3.05, 3.63) is 30.3 Å². The van der Waals surface area contributed by atoms with Gasteiger partial charge in [-0.15, -0.1) is 0 Å². The molecule has 1 rings (SSSR count). The van der Waals surface area contributed by atoms with E-state index in [0.717, 1.165) is 0 Å². The summed E-state index contributed by atoms with van der Waals surface area (Å²) in [7, 11) is -3.79. The molecule has 0 saturated carbocycles. The number of sulfonamides is 1. The minimum Gasteiger partial charge on any atom is -0.480 e. The van der Waals surface area contributed by atoms with Gasteiger partial charge in [0.1, 0.15) is 5.54 Å². The molecule has 20 heavy (non-hydrogen) atoms. The second-order valence-electron chi connectivity index (χ2n) is 4.62. The number of carboxylic acids is 1. The average molecular weight is 300 g/mol. The third-order valence-corrected chi connectivity index (χ3v) is 3.88. The van der Waals surface area contributed by atoms with Crippen LogP contribution in [0.25, 0.3) is 0 Å². The Balaban J connectivity index is 2.64. The molecule has 0 fully saturated rings. The summed E-state index contributed by atoms with van der Waals surface area (Å²) >= 11 is 0. The zero-order valence-corrected chi connectivity index (χ0v) is 11.9. The highest BCUT2D eigenvalue weighted by Crippen LogP contribution is 2.06. The Kier molecular flexibility index (Phi) is 4.85. The zero-order valence-electron chi connectivity index (χ0n) is 11.1. The summed E-state index contributed by atoms with van der Waals surface area (Å²) in [4.78, 5) is 22.4. The van der Waals surface area contributed by atoms with Crippen LogP contribution in [0.4, 0.5) is 0 Å². The predicted molar refractivity (Wildman–Crippen MR) is 71.5 cm³/mol. The second-order valence-corrected chi connectivity index (χ2v) is 6.38. The quantitative estimate of drug-likeness (QED) is 0.681. The van der Waals surface area contributed by atoms with E-state index in [-0.39, 0.29) is 4.90 Å². The maximum absolute atomic E-state index is 11.8. The van der Waals surface area contributed by atoms with Crippen LogP contribution in [0.2, 0.25) is 0 Å². The molecule has 8 heteroatoms. The number of rotatable bonds is 6. The van der Waals surface area contributed by atoms with Gasteiger partial charge in [-0.1, -0.05) is 18.2 Å². The first-order valence-corrected chi connectivity index (χ1v) is 7.22. The molecule has 0 aliphatic rings. The lowest BCUT2D eigenvalue weighted by molar-refractivity contribution is -0.145. The first kappa shape index (κ1) is 16.1. The first-order valence-electron chi connectivity index (χ1n) is 5.74. The monoisotopic (exact) mass is 300 g/mol. The Labute approximate surface area is 117 Å². The van der Waals surface area contributed by atoms with E-state index in [1.54, 1.807) is 18.2 Å². The molecule has 0 heterocycles. The van der Waals surface area contributed by atoms with Crippen LogP contribution in [-0.2, 0) is 19.6 Å². The highest BCUT2D eigenvalue weighted by atomic mass is 32.2. The number of benzene rings is 1. The molecule has 3 N–H and O–H groups in total. The van der Waals surface area contributed by atoms with Crippen molar-refractivity contribution in [1.82, 2.24) is 10.0 Å². The normalized spacial score (nSPS) is 11.9. The number of carboxylic acid groups (broad SMARTS) is 1. The number of aliphatic carboxylic acids is 1. The van der Waals surface area contributed by atoms with Crippen molar-refractivity contribution < 1.29 is 23.1 Å². The largest absolute Gasteiger partial charge is 0.480 e. The standard InChI is InChI=1S/C12H16N2O5S/c1-12(2,11(16)17)14-10(15)8-13-20(18,19)9-6-4-3-5-7-9/h3-7,13H,8H2,1-2H3,(H,14,15)(H,16,17).